The van der Waals surface area contributed by atoms with Crippen molar-refractivity contribution in [3.8, 4) is 0 Å². The molecule has 0 bridgehead atoms. The lowest BCUT2D eigenvalue weighted by atomic mass is 10.0. The lowest BCUT2D eigenvalue weighted by Gasteiger charge is -2.34. The molecule has 2 heterocycles. The average molecular weight is 340 g/mol. The highest BCUT2D eigenvalue weighted by Gasteiger charge is 2.25. The van der Waals surface area contributed by atoms with Crippen molar-refractivity contribution in [1.29, 1.82) is 0 Å². The molecule has 1 amide bonds. The second-order valence-electron chi connectivity index (χ2n) is 6.33. The van der Waals surface area contributed by atoms with Crippen LogP contribution in [0.4, 0.5) is 5.82 Å². The summed E-state index contributed by atoms with van der Waals surface area (Å²) in [4.78, 5) is 23.1. The van der Waals surface area contributed by atoms with E-state index in [9.17, 15) is 9.90 Å². The zero-order valence-corrected chi connectivity index (χ0v) is 14.4. The fourth-order valence-corrected chi connectivity index (χ4v) is 3.12. The van der Waals surface area contributed by atoms with E-state index in [1.54, 1.807) is 18.5 Å². The number of anilines is 1. The van der Waals surface area contributed by atoms with E-state index in [1.807, 2.05) is 24.3 Å². The molecule has 2 N–H and O–H groups in total. The van der Waals surface area contributed by atoms with Gasteiger partial charge in [-0.1, -0.05) is 37.3 Å². The van der Waals surface area contributed by atoms with Gasteiger partial charge in [-0.05, 0) is 24.8 Å². The first-order valence-corrected chi connectivity index (χ1v) is 8.76. The molecule has 6 nitrogen and oxygen atoms in total. The van der Waals surface area contributed by atoms with E-state index in [1.165, 1.54) is 0 Å². The molecular formula is C19H24N4O2. The number of rotatable bonds is 5. The SMILES string of the molecule is CCc1cc(N2CCC[C@H](NC(=O)[C@H](O)c3ccccc3)C2)ncn1. The Morgan fingerprint density at radius 3 is 2.92 bits per heavy atom. The number of piperidine rings is 1. The molecule has 1 fully saturated rings. The molecule has 0 unspecified atom stereocenters. The molecule has 3 rings (SSSR count). The quantitative estimate of drug-likeness (QED) is 0.869. The fraction of sp³-hybridized carbons (Fsp3) is 0.421. The molecule has 1 aromatic heterocycles. The van der Waals surface area contributed by atoms with Crippen LogP contribution in [0.25, 0.3) is 0 Å². The largest absolute Gasteiger partial charge is 0.378 e. The zero-order chi connectivity index (χ0) is 17.6. The first kappa shape index (κ1) is 17.4. The van der Waals surface area contributed by atoms with E-state index in [-0.39, 0.29) is 11.9 Å². The Bertz CT molecular complexity index is 708. The Hall–Kier alpha value is -2.47. The van der Waals surface area contributed by atoms with Gasteiger partial charge in [0.2, 0.25) is 0 Å². The number of nitrogens with zero attached hydrogens (tertiary/aromatic N) is 3. The predicted molar refractivity (Wildman–Crippen MR) is 96.2 cm³/mol. The maximum atomic E-state index is 12.4. The minimum Gasteiger partial charge on any atom is -0.378 e. The summed E-state index contributed by atoms with van der Waals surface area (Å²) in [5.41, 5.74) is 1.62. The number of hydrogen-bond acceptors (Lipinski definition) is 5. The molecule has 0 saturated carbocycles. The van der Waals surface area contributed by atoms with Gasteiger partial charge < -0.3 is 15.3 Å². The number of carbonyl (C=O) groups is 1. The van der Waals surface area contributed by atoms with Crippen LogP contribution in [0.1, 0.15) is 37.1 Å². The number of hydrogen-bond donors (Lipinski definition) is 2. The second-order valence-corrected chi connectivity index (χ2v) is 6.33. The van der Waals surface area contributed by atoms with Gasteiger partial charge in [-0.3, -0.25) is 4.79 Å². The van der Waals surface area contributed by atoms with Gasteiger partial charge in [0.25, 0.3) is 5.91 Å². The molecule has 0 spiro atoms. The number of aromatic nitrogens is 2. The summed E-state index contributed by atoms with van der Waals surface area (Å²) in [6, 6.07) is 11.0. The Kier molecular flexibility index (Phi) is 5.60. The van der Waals surface area contributed by atoms with Crippen molar-refractivity contribution in [2.45, 2.75) is 38.3 Å². The van der Waals surface area contributed by atoms with Gasteiger partial charge in [-0.2, -0.15) is 0 Å². The first-order chi connectivity index (χ1) is 12.2. The van der Waals surface area contributed by atoms with E-state index in [2.05, 4.69) is 27.1 Å². The van der Waals surface area contributed by atoms with Gasteiger partial charge in [-0.25, -0.2) is 9.97 Å². The minimum atomic E-state index is -1.14. The molecule has 132 valence electrons. The molecule has 0 aliphatic carbocycles. The third kappa shape index (κ3) is 4.33. The standard InChI is InChI=1S/C19H24N4O2/c1-2-15-11-17(21-13-20-15)23-10-6-9-16(12-23)22-19(25)18(24)14-7-4-3-5-8-14/h3-5,7-8,11,13,16,18,24H,2,6,9-10,12H2,1H3,(H,22,25)/t16-,18+/m0/s1. The van der Waals surface area contributed by atoms with Crippen LogP contribution in [-0.2, 0) is 11.2 Å². The lowest BCUT2D eigenvalue weighted by Crippen LogP contribution is -2.49. The molecule has 6 heteroatoms. The number of aliphatic hydroxyl groups is 1. The van der Waals surface area contributed by atoms with Crippen LogP contribution >= 0.6 is 0 Å². The van der Waals surface area contributed by atoms with Crippen molar-refractivity contribution in [3.63, 3.8) is 0 Å². The number of amides is 1. The van der Waals surface area contributed by atoms with Crippen molar-refractivity contribution in [3.05, 3.63) is 54.0 Å². The molecule has 2 aromatic rings. The van der Waals surface area contributed by atoms with E-state index in [4.69, 9.17) is 0 Å². The summed E-state index contributed by atoms with van der Waals surface area (Å²) in [5.74, 6) is 0.546. The van der Waals surface area contributed by atoms with Crippen molar-refractivity contribution in [2.24, 2.45) is 0 Å². The summed E-state index contributed by atoms with van der Waals surface area (Å²) in [6.45, 7) is 3.66. The van der Waals surface area contributed by atoms with Gasteiger partial charge in [0.1, 0.15) is 12.1 Å². The highest BCUT2D eigenvalue weighted by molar-refractivity contribution is 5.82. The third-order valence-corrected chi connectivity index (χ3v) is 4.53. The van der Waals surface area contributed by atoms with Crippen molar-refractivity contribution in [2.75, 3.05) is 18.0 Å². The van der Waals surface area contributed by atoms with Crippen LogP contribution in [0.3, 0.4) is 0 Å². The number of nitrogens with one attached hydrogen (secondary N) is 1. The van der Waals surface area contributed by atoms with Crippen molar-refractivity contribution in [1.82, 2.24) is 15.3 Å². The molecule has 2 atom stereocenters. The number of carbonyl (C=O) groups excluding carboxylic acids is 1. The highest BCUT2D eigenvalue weighted by atomic mass is 16.3. The Labute approximate surface area is 147 Å². The van der Waals surface area contributed by atoms with Crippen LogP contribution in [0, 0.1) is 0 Å². The maximum Gasteiger partial charge on any atom is 0.253 e. The molecule has 25 heavy (non-hydrogen) atoms. The Morgan fingerprint density at radius 2 is 2.16 bits per heavy atom. The van der Waals surface area contributed by atoms with Gasteiger partial charge in [-0.15, -0.1) is 0 Å². The maximum absolute atomic E-state index is 12.4. The van der Waals surface area contributed by atoms with Crippen LogP contribution < -0.4 is 10.2 Å². The monoisotopic (exact) mass is 340 g/mol. The summed E-state index contributed by atoms with van der Waals surface area (Å²) in [7, 11) is 0. The average Bonchev–Trinajstić information content (AvgIpc) is 2.68. The van der Waals surface area contributed by atoms with E-state index in [0.29, 0.717) is 12.1 Å². The smallest absolute Gasteiger partial charge is 0.253 e. The summed E-state index contributed by atoms with van der Waals surface area (Å²) in [6.07, 6.45) is 3.19. The van der Waals surface area contributed by atoms with Gasteiger partial charge in [0, 0.05) is 30.9 Å². The third-order valence-electron chi connectivity index (χ3n) is 4.53. The van der Waals surface area contributed by atoms with Crippen LogP contribution in [0.2, 0.25) is 0 Å². The highest BCUT2D eigenvalue weighted by Crippen LogP contribution is 2.19. The zero-order valence-electron chi connectivity index (χ0n) is 14.4. The van der Waals surface area contributed by atoms with Crippen LogP contribution in [0.15, 0.2) is 42.7 Å². The molecular weight excluding hydrogens is 316 g/mol. The second kappa shape index (κ2) is 8.07. The minimum absolute atomic E-state index is 0.000320. The molecule has 1 aromatic carbocycles. The molecule has 1 aliphatic rings. The summed E-state index contributed by atoms with van der Waals surface area (Å²) >= 11 is 0. The Balaban J connectivity index is 1.62. The van der Waals surface area contributed by atoms with Crippen molar-refractivity contribution >= 4 is 11.7 Å². The molecule has 1 saturated heterocycles. The number of aliphatic hydroxyl groups excluding tert-OH is 1. The Morgan fingerprint density at radius 1 is 1.36 bits per heavy atom. The van der Waals surface area contributed by atoms with E-state index in [0.717, 1.165) is 37.3 Å². The normalized spacial score (nSPS) is 18.6. The fourth-order valence-electron chi connectivity index (χ4n) is 3.12. The first-order valence-electron chi connectivity index (χ1n) is 8.76. The van der Waals surface area contributed by atoms with Crippen LogP contribution in [0.5, 0.6) is 0 Å². The predicted octanol–water partition coefficient (Wildman–Crippen LogP) is 1.86. The van der Waals surface area contributed by atoms with Gasteiger partial charge >= 0.3 is 0 Å². The van der Waals surface area contributed by atoms with Gasteiger partial charge in [0.05, 0.1) is 0 Å². The molecule has 0 radical (unpaired) electrons. The summed E-state index contributed by atoms with van der Waals surface area (Å²) < 4.78 is 0. The van der Waals surface area contributed by atoms with E-state index < -0.39 is 6.10 Å². The van der Waals surface area contributed by atoms with Gasteiger partial charge in [0.15, 0.2) is 6.10 Å². The van der Waals surface area contributed by atoms with Crippen LogP contribution in [-0.4, -0.2) is 40.1 Å². The van der Waals surface area contributed by atoms with E-state index >= 15 is 0 Å². The number of benzene rings is 1. The number of aryl methyl sites for hydroxylation is 1. The topological polar surface area (TPSA) is 78.4 Å². The lowest BCUT2D eigenvalue weighted by molar-refractivity contribution is -0.130. The van der Waals surface area contributed by atoms with Crippen molar-refractivity contribution < 1.29 is 9.90 Å². The summed E-state index contributed by atoms with van der Waals surface area (Å²) in [5, 5.41) is 13.2. The molecule has 1 aliphatic heterocycles.